The zero-order valence-corrected chi connectivity index (χ0v) is 30.5. The molecular weight excluding hydrogens is 690 g/mol. The van der Waals surface area contributed by atoms with Gasteiger partial charge >= 0.3 is 0 Å². The molecule has 5 aromatic rings. The number of hydrogen-bond acceptors (Lipinski definition) is 12. The number of nitrogens with two attached hydrogens (primary N) is 1. The molecule has 1 aliphatic rings. The van der Waals surface area contributed by atoms with Crippen LogP contribution in [0, 0.1) is 11.6 Å². The van der Waals surface area contributed by atoms with E-state index in [2.05, 4.69) is 27.8 Å². The second-order valence-electron chi connectivity index (χ2n) is 12.3. The summed E-state index contributed by atoms with van der Waals surface area (Å²) >= 11 is 0. The number of halogens is 2. The highest BCUT2D eigenvalue weighted by atomic mass is 19.1. The molecule has 280 valence electrons. The SMILES string of the molecule is CCN1CCN(c2ccc(Cc3cc4c(OCc5cc(OC)c(OC)c(OC)c5)c(C(=O)c5c(F)c(OC)cc(OC)c5F)oc4cn3)c(N)c2)CC1. The fourth-order valence-electron chi connectivity index (χ4n) is 6.44. The van der Waals surface area contributed by atoms with Crippen LogP contribution < -0.4 is 39.1 Å². The predicted octanol–water partition coefficient (Wildman–Crippen LogP) is 6.27. The number of methoxy groups -OCH3 is 5. The van der Waals surface area contributed by atoms with Gasteiger partial charge in [-0.05, 0) is 48.0 Å². The zero-order valence-electron chi connectivity index (χ0n) is 30.5. The number of hydrogen-bond donors (Lipinski definition) is 1. The number of benzene rings is 3. The van der Waals surface area contributed by atoms with Gasteiger partial charge in [-0.2, -0.15) is 0 Å². The summed E-state index contributed by atoms with van der Waals surface area (Å²) in [5.74, 6) is -3.73. The number of carbonyl (C=O) groups excluding carboxylic acids is 1. The lowest BCUT2D eigenvalue weighted by atomic mass is 10.0. The summed E-state index contributed by atoms with van der Waals surface area (Å²) in [7, 11) is 6.84. The molecule has 0 unspecified atom stereocenters. The van der Waals surface area contributed by atoms with E-state index in [1.807, 2.05) is 12.1 Å². The summed E-state index contributed by atoms with van der Waals surface area (Å²) in [6, 6.07) is 12.1. The van der Waals surface area contributed by atoms with E-state index in [1.165, 1.54) is 41.7 Å². The second kappa shape index (κ2) is 15.9. The van der Waals surface area contributed by atoms with Crippen LogP contribution >= 0.6 is 0 Å². The van der Waals surface area contributed by atoms with Gasteiger partial charge < -0.3 is 48.4 Å². The first-order valence-electron chi connectivity index (χ1n) is 17.0. The van der Waals surface area contributed by atoms with Crippen molar-refractivity contribution in [1.29, 1.82) is 0 Å². The number of likely N-dealkylation sites (N-methyl/N-ethyl adjacent to an activating group) is 1. The molecule has 2 aromatic heterocycles. The van der Waals surface area contributed by atoms with Crippen molar-refractivity contribution in [3.05, 3.63) is 88.4 Å². The van der Waals surface area contributed by atoms with Gasteiger partial charge in [0, 0.05) is 55.7 Å². The third-order valence-electron chi connectivity index (χ3n) is 9.39. The highest BCUT2D eigenvalue weighted by Gasteiger charge is 2.32. The number of ether oxygens (including phenoxy) is 6. The maximum atomic E-state index is 15.6. The molecule has 6 rings (SSSR count). The van der Waals surface area contributed by atoms with E-state index in [9.17, 15) is 4.79 Å². The van der Waals surface area contributed by atoms with Gasteiger partial charge in [-0.15, -0.1) is 0 Å². The van der Waals surface area contributed by atoms with E-state index in [0.29, 0.717) is 46.0 Å². The van der Waals surface area contributed by atoms with E-state index in [1.54, 1.807) is 18.2 Å². The van der Waals surface area contributed by atoms with Gasteiger partial charge in [0.15, 0.2) is 46.0 Å². The molecule has 0 spiro atoms. The Hall–Kier alpha value is -5.76. The Labute approximate surface area is 305 Å². The Morgan fingerprint density at radius 3 is 2.04 bits per heavy atom. The molecule has 0 radical (unpaired) electrons. The van der Waals surface area contributed by atoms with Crippen LogP contribution in [0.2, 0.25) is 0 Å². The van der Waals surface area contributed by atoms with Crippen molar-refractivity contribution in [1.82, 2.24) is 9.88 Å². The summed E-state index contributed by atoms with van der Waals surface area (Å²) in [4.78, 5) is 23.4. The van der Waals surface area contributed by atoms with Crippen LogP contribution in [0.15, 0.2) is 53.1 Å². The van der Waals surface area contributed by atoms with Crippen molar-refractivity contribution in [2.45, 2.75) is 20.0 Å². The molecule has 53 heavy (non-hydrogen) atoms. The molecule has 0 amide bonds. The van der Waals surface area contributed by atoms with Crippen LogP contribution in [0.3, 0.4) is 0 Å². The highest BCUT2D eigenvalue weighted by Crippen LogP contribution is 2.41. The molecule has 3 aromatic carbocycles. The van der Waals surface area contributed by atoms with Crippen LogP contribution in [0.25, 0.3) is 11.0 Å². The third-order valence-corrected chi connectivity index (χ3v) is 9.39. The molecule has 14 heteroatoms. The Morgan fingerprint density at radius 1 is 0.830 bits per heavy atom. The van der Waals surface area contributed by atoms with Crippen LogP contribution in [0.1, 0.15) is 39.9 Å². The summed E-state index contributed by atoms with van der Waals surface area (Å²) in [5, 5.41) is 0.352. The van der Waals surface area contributed by atoms with Crippen LogP contribution in [-0.2, 0) is 13.0 Å². The number of furan rings is 1. The van der Waals surface area contributed by atoms with Crippen LogP contribution in [0.4, 0.5) is 20.2 Å². The first kappa shape index (κ1) is 37.0. The van der Waals surface area contributed by atoms with E-state index >= 15 is 8.78 Å². The van der Waals surface area contributed by atoms with Crippen molar-refractivity contribution in [3.8, 4) is 34.5 Å². The second-order valence-corrected chi connectivity index (χ2v) is 12.3. The number of rotatable bonds is 14. The Bertz CT molecular complexity index is 2080. The average molecular weight is 733 g/mol. The average Bonchev–Trinajstić information content (AvgIpc) is 3.55. The van der Waals surface area contributed by atoms with Crippen LogP contribution in [-0.4, -0.2) is 83.9 Å². The monoisotopic (exact) mass is 732 g/mol. The van der Waals surface area contributed by atoms with Crippen molar-refractivity contribution in [3.63, 3.8) is 0 Å². The number of pyridine rings is 1. The normalized spacial score (nSPS) is 13.2. The van der Waals surface area contributed by atoms with Gasteiger partial charge in [0.05, 0.1) is 47.1 Å². The number of ketones is 1. The predicted molar refractivity (Wildman–Crippen MR) is 195 cm³/mol. The van der Waals surface area contributed by atoms with Gasteiger partial charge in [-0.25, -0.2) is 8.78 Å². The highest BCUT2D eigenvalue weighted by molar-refractivity contribution is 6.12. The van der Waals surface area contributed by atoms with E-state index < -0.39 is 40.2 Å². The Morgan fingerprint density at radius 2 is 1.47 bits per heavy atom. The maximum absolute atomic E-state index is 15.6. The topological polar surface area (TPSA) is 131 Å². The fraction of sp³-hybridized carbons (Fsp3) is 0.333. The van der Waals surface area contributed by atoms with Gasteiger partial charge in [0.1, 0.15) is 12.2 Å². The van der Waals surface area contributed by atoms with Crippen LogP contribution in [0.5, 0.6) is 34.5 Å². The minimum Gasteiger partial charge on any atom is -0.494 e. The molecule has 3 heterocycles. The van der Waals surface area contributed by atoms with E-state index in [-0.39, 0.29) is 17.9 Å². The smallest absolute Gasteiger partial charge is 0.238 e. The molecule has 0 bridgehead atoms. The zero-order chi connectivity index (χ0) is 37.8. The van der Waals surface area contributed by atoms with Crippen molar-refractivity contribution in [2.24, 2.45) is 0 Å². The number of fused-ring (bicyclic) bond motifs is 1. The molecule has 12 nitrogen and oxygen atoms in total. The minimum atomic E-state index is -1.23. The lowest BCUT2D eigenvalue weighted by Crippen LogP contribution is -2.46. The molecule has 2 N–H and O–H groups in total. The molecule has 1 fully saturated rings. The Kier molecular flexibility index (Phi) is 11.1. The number of nitrogens with zero attached hydrogens (tertiary/aromatic N) is 3. The molecule has 0 atom stereocenters. The largest absolute Gasteiger partial charge is 0.494 e. The summed E-state index contributed by atoms with van der Waals surface area (Å²) in [6.45, 7) is 6.88. The molecule has 1 aliphatic heterocycles. The van der Waals surface area contributed by atoms with Gasteiger partial charge in [-0.1, -0.05) is 13.0 Å². The van der Waals surface area contributed by atoms with Gasteiger partial charge in [-0.3, -0.25) is 9.78 Å². The number of anilines is 2. The minimum absolute atomic E-state index is 0.0578. The number of nitrogen functional groups attached to an aromatic ring is 1. The van der Waals surface area contributed by atoms with E-state index in [0.717, 1.165) is 50.0 Å². The van der Waals surface area contributed by atoms with Crippen molar-refractivity contribution < 1.29 is 46.4 Å². The van der Waals surface area contributed by atoms with Gasteiger partial charge in [0.25, 0.3) is 0 Å². The summed E-state index contributed by atoms with van der Waals surface area (Å²) < 4.78 is 70.0. The number of aromatic nitrogens is 1. The van der Waals surface area contributed by atoms with Crippen molar-refractivity contribution >= 4 is 28.1 Å². The number of carbonyl (C=O) groups is 1. The van der Waals surface area contributed by atoms with Gasteiger partial charge in [0.2, 0.25) is 17.3 Å². The lowest BCUT2D eigenvalue weighted by molar-refractivity contribution is 0.0995. The molecule has 1 saturated heterocycles. The lowest BCUT2D eigenvalue weighted by Gasteiger charge is -2.35. The molecular formula is C39H42F2N4O8. The van der Waals surface area contributed by atoms with Crippen molar-refractivity contribution in [2.75, 3.05) is 78.9 Å². The summed E-state index contributed by atoms with van der Waals surface area (Å²) in [5.41, 5.74) is 9.46. The first-order chi connectivity index (χ1) is 25.6. The van der Waals surface area contributed by atoms with E-state index in [4.69, 9.17) is 38.6 Å². The molecule has 0 saturated carbocycles. The standard InChI is InChI=1S/C39H42F2N4O8/c1-7-44-10-12-45(13-11-44)25-9-8-23(27(42)18-25)16-24-17-26-32(20-43-24)53-39(36(46)33-34(40)28(47-2)19-29(48-3)35(33)41)37(26)52-21-22-14-30(49-4)38(51-6)31(15-22)50-5/h8-9,14-15,17-20H,7,10-13,16,21,42H2,1-6H3. The fourth-order valence-corrected chi connectivity index (χ4v) is 6.44. The molecule has 0 aliphatic carbocycles. The maximum Gasteiger partial charge on any atom is 0.238 e. The Balaban J connectivity index is 1.39. The first-order valence-corrected chi connectivity index (χ1v) is 17.0. The number of piperazine rings is 1. The summed E-state index contributed by atoms with van der Waals surface area (Å²) in [6.07, 6.45) is 1.78. The quantitative estimate of drug-likeness (QED) is 0.102. The third kappa shape index (κ3) is 7.31.